The first-order chi connectivity index (χ1) is 10.7. The van der Waals surface area contributed by atoms with Crippen molar-refractivity contribution in [3.8, 4) is 6.07 Å². The molecule has 3 rings (SSSR count). The van der Waals surface area contributed by atoms with Crippen molar-refractivity contribution in [3.63, 3.8) is 0 Å². The molecule has 22 heavy (non-hydrogen) atoms. The van der Waals surface area contributed by atoms with E-state index < -0.39 is 0 Å². The van der Waals surface area contributed by atoms with Gasteiger partial charge in [0.25, 0.3) is 0 Å². The number of aromatic nitrogens is 1. The zero-order chi connectivity index (χ0) is 15.5. The van der Waals surface area contributed by atoms with E-state index in [2.05, 4.69) is 16.4 Å². The highest BCUT2D eigenvalue weighted by atomic mass is 15.1. The van der Waals surface area contributed by atoms with Crippen LogP contribution in [0.1, 0.15) is 5.56 Å². The summed E-state index contributed by atoms with van der Waals surface area (Å²) in [5, 5.41) is 13.6. The maximum Gasteiger partial charge on any atom is 0.149 e. The van der Waals surface area contributed by atoms with Crippen LogP contribution in [0.25, 0.3) is 10.9 Å². The van der Waals surface area contributed by atoms with Gasteiger partial charge in [0.15, 0.2) is 0 Å². The summed E-state index contributed by atoms with van der Waals surface area (Å²) in [5.74, 6) is 0.581. The molecule has 108 valence electrons. The van der Waals surface area contributed by atoms with Crippen LogP contribution in [0.15, 0.2) is 54.6 Å². The molecule has 1 heterocycles. The van der Waals surface area contributed by atoms with Crippen molar-refractivity contribution in [3.05, 3.63) is 60.2 Å². The zero-order valence-electron chi connectivity index (χ0n) is 12.5. The largest absolute Gasteiger partial charge is 0.378 e. The summed E-state index contributed by atoms with van der Waals surface area (Å²) in [6, 6.07) is 19.9. The van der Waals surface area contributed by atoms with Crippen molar-refractivity contribution >= 4 is 28.1 Å². The second-order valence-corrected chi connectivity index (χ2v) is 5.26. The summed E-state index contributed by atoms with van der Waals surface area (Å²) in [7, 11) is 3.99. The molecule has 2 aromatic carbocycles. The van der Waals surface area contributed by atoms with Gasteiger partial charge in [-0.1, -0.05) is 24.3 Å². The molecule has 1 aromatic heterocycles. The van der Waals surface area contributed by atoms with Crippen LogP contribution in [0.3, 0.4) is 0 Å². The lowest BCUT2D eigenvalue weighted by Gasteiger charge is -2.15. The van der Waals surface area contributed by atoms with E-state index in [0.29, 0.717) is 11.4 Å². The number of benzene rings is 2. The number of rotatable bonds is 3. The maximum absolute atomic E-state index is 9.36. The molecule has 0 saturated heterocycles. The second-order valence-electron chi connectivity index (χ2n) is 5.26. The Balaban J connectivity index is 2.03. The van der Waals surface area contributed by atoms with Gasteiger partial charge in [-0.2, -0.15) is 5.26 Å². The topological polar surface area (TPSA) is 52.0 Å². The van der Waals surface area contributed by atoms with Gasteiger partial charge in [0.2, 0.25) is 0 Å². The highest BCUT2D eigenvalue weighted by Crippen LogP contribution is 2.25. The molecular weight excluding hydrogens is 272 g/mol. The van der Waals surface area contributed by atoms with Gasteiger partial charge >= 0.3 is 0 Å². The lowest BCUT2D eigenvalue weighted by Crippen LogP contribution is -2.08. The number of fused-ring (bicyclic) bond motifs is 1. The average molecular weight is 288 g/mol. The van der Waals surface area contributed by atoms with Crippen LogP contribution in [-0.2, 0) is 0 Å². The van der Waals surface area contributed by atoms with Gasteiger partial charge in [-0.05, 0) is 30.3 Å². The summed E-state index contributed by atoms with van der Waals surface area (Å²) >= 11 is 0. The fraction of sp³-hybridized carbons (Fsp3) is 0.111. The number of pyridine rings is 1. The van der Waals surface area contributed by atoms with Gasteiger partial charge in [0.1, 0.15) is 11.9 Å². The van der Waals surface area contributed by atoms with E-state index in [4.69, 9.17) is 0 Å². The lowest BCUT2D eigenvalue weighted by atomic mass is 10.1. The normalized spacial score (nSPS) is 10.2. The molecule has 0 bridgehead atoms. The molecular formula is C18H16N4. The Bertz CT molecular complexity index is 862. The van der Waals surface area contributed by atoms with Crippen molar-refractivity contribution in [1.29, 1.82) is 5.26 Å². The van der Waals surface area contributed by atoms with Gasteiger partial charge in [-0.15, -0.1) is 0 Å². The minimum Gasteiger partial charge on any atom is -0.378 e. The van der Waals surface area contributed by atoms with E-state index in [1.54, 1.807) is 0 Å². The smallest absolute Gasteiger partial charge is 0.149 e. The standard InChI is InChI=1S/C18H16N4/c1-22(2)16-8-5-7-15(11-16)20-18-14(12-19)10-13-6-3-4-9-17(13)21-18/h3-11H,1-2H3,(H,20,21). The Morgan fingerprint density at radius 1 is 1.05 bits per heavy atom. The molecule has 0 fully saturated rings. The van der Waals surface area contributed by atoms with Crippen molar-refractivity contribution in [1.82, 2.24) is 4.98 Å². The molecule has 0 aliphatic carbocycles. The Kier molecular flexibility index (Phi) is 3.63. The SMILES string of the molecule is CN(C)c1cccc(Nc2nc3ccccc3cc2C#N)c1. The molecule has 0 unspecified atom stereocenters. The predicted octanol–water partition coefficient (Wildman–Crippen LogP) is 3.92. The summed E-state index contributed by atoms with van der Waals surface area (Å²) in [6.07, 6.45) is 0. The van der Waals surface area contributed by atoms with Crippen LogP contribution in [-0.4, -0.2) is 19.1 Å². The van der Waals surface area contributed by atoms with Crippen LogP contribution >= 0.6 is 0 Å². The number of nitrogens with zero attached hydrogens (tertiary/aromatic N) is 3. The van der Waals surface area contributed by atoms with Crippen molar-refractivity contribution in [2.24, 2.45) is 0 Å². The second kappa shape index (κ2) is 5.74. The Hall–Kier alpha value is -3.06. The summed E-state index contributed by atoms with van der Waals surface area (Å²) in [4.78, 5) is 6.60. The fourth-order valence-corrected chi connectivity index (χ4v) is 2.30. The highest BCUT2D eigenvalue weighted by Gasteiger charge is 2.07. The van der Waals surface area contributed by atoms with Crippen molar-refractivity contribution in [2.45, 2.75) is 0 Å². The van der Waals surface area contributed by atoms with E-state index in [9.17, 15) is 5.26 Å². The van der Waals surface area contributed by atoms with Gasteiger partial charge in [0.05, 0.1) is 11.1 Å². The zero-order valence-corrected chi connectivity index (χ0v) is 12.5. The number of para-hydroxylation sites is 1. The summed E-state index contributed by atoms with van der Waals surface area (Å²) < 4.78 is 0. The number of anilines is 3. The van der Waals surface area contributed by atoms with Gasteiger partial charge in [0, 0.05) is 30.9 Å². The highest BCUT2D eigenvalue weighted by molar-refractivity contribution is 5.83. The van der Waals surface area contributed by atoms with Crippen LogP contribution in [0.4, 0.5) is 17.2 Å². The fourth-order valence-electron chi connectivity index (χ4n) is 2.30. The van der Waals surface area contributed by atoms with Crippen molar-refractivity contribution < 1.29 is 0 Å². The van der Waals surface area contributed by atoms with E-state index in [1.807, 2.05) is 73.6 Å². The summed E-state index contributed by atoms with van der Waals surface area (Å²) in [5.41, 5.74) is 3.40. The molecule has 0 spiro atoms. The maximum atomic E-state index is 9.36. The Labute approximate surface area is 129 Å². The number of hydrogen-bond acceptors (Lipinski definition) is 4. The first-order valence-electron chi connectivity index (χ1n) is 7.01. The Morgan fingerprint density at radius 2 is 1.86 bits per heavy atom. The predicted molar refractivity (Wildman–Crippen MR) is 90.5 cm³/mol. The number of nitrogens with one attached hydrogen (secondary N) is 1. The van der Waals surface area contributed by atoms with E-state index in [0.717, 1.165) is 22.3 Å². The molecule has 4 nitrogen and oxygen atoms in total. The van der Waals surface area contributed by atoms with E-state index >= 15 is 0 Å². The molecule has 0 aliphatic rings. The molecule has 0 radical (unpaired) electrons. The van der Waals surface area contributed by atoms with Crippen LogP contribution in [0.5, 0.6) is 0 Å². The van der Waals surface area contributed by atoms with E-state index in [-0.39, 0.29) is 0 Å². The quantitative estimate of drug-likeness (QED) is 0.793. The minimum atomic E-state index is 0.536. The van der Waals surface area contributed by atoms with Crippen LogP contribution < -0.4 is 10.2 Å². The molecule has 0 saturated carbocycles. The molecule has 0 atom stereocenters. The summed E-state index contributed by atoms with van der Waals surface area (Å²) in [6.45, 7) is 0. The molecule has 1 N–H and O–H groups in total. The third-order valence-electron chi connectivity index (χ3n) is 3.47. The van der Waals surface area contributed by atoms with Gasteiger partial charge < -0.3 is 10.2 Å². The van der Waals surface area contributed by atoms with Crippen LogP contribution in [0.2, 0.25) is 0 Å². The number of nitriles is 1. The first-order valence-corrected chi connectivity index (χ1v) is 7.01. The van der Waals surface area contributed by atoms with Crippen molar-refractivity contribution in [2.75, 3.05) is 24.3 Å². The van der Waals surface area contributed by atoms with Gasteiger partial charge in [-0.3, -0.25) is 0 Å². The average Bonchev–Trinajstić information content (AvgIpc) is 2.54. The molecule has 0 amide bonds. The third-order valence-corrected chi connectivity index (χ3v) is 3.47. The van der Waals surface area contributed by atoms with Crippen LogP contribution in [0, 0.1) is 11.3 Å². The lowest BCUT2D eigenvalue weighted by molar-refractivity contribution is 1.13. The van der Waals surface area contributed by atoms with E-state index in [1.165, 1.54) is 0 Å². The monoisotopic (exact) mass is 288 g/mol. The minimum absolute atomic E-state index is 0.536. The van der Waals surface area contributed by atoms with Gasteiger partial charge in [-0.25, -0.2) is 4.98 Å². The molecule has 4 heteroatoms. The third kappa shape index (κ3) is 2.70. The molecule has 3 aromatic rings. The first kappa shape index (κ1) is 13.9. The molecule has 0 aliphatic heterocycles. The number of hydrogen-bond donors (Lipinski definition) is 1. The Morgan fingerprint density at radius 3 is 2.64 bits per heavy atom.